The van der Waals surface area contributed by atoms with E-state index >= 15 is 0 Å². The van der Waals surface area contributed by atoms with Gasteiger partial charge < -0.3 is 4.42 Å². The van der Waals surface area contributed by atoms with E-state index in [1.165, 1.54) is 18.2 Å². The van der Waals surface area contributed by atoms with Gasteiger partial charge in [0, 0.05) is 18.3 Å². The average Bonchev–Trinajstić information content (AvgIpc) is 3.20. The first kappa shape index (κ1) is 17.5. The molecule has 2 aromatic rings. The Balaban J connectivity index is 1.69. The smallest absolute Gasteiger partial charge is 0.267 e. The molecule has 1 saturated heterocycles. The highest BCUT2D eigenvalue weighted by Crippen LogP contribution is 2.38. The average molecular weight is 432 g/mol. The summed E-state index contributed by atoms with van der Waals surface area (Å²) < 4.78 is 6.18. The molecule has 1 amide bonds. The number of aliphatic imine (C=N–C) groups is 1. The van der Waals surface area contributed by atoms with E-state index in [4.69, 9.17) is 9.41 Å². The number of amidine groups is 1. The van der Waals surface area contributed by atoms with Crippen molar-refractivity contribution in [1.29, 1.82) is 0 Å². The van der Waals surface area contributed by atoms with Crippen LogP contribution < -0.4 is 0 Å². The summed E-state index contributed by atoms with van der Waals surface area (Å²) >= 11 is 4.70. The number of rotatable bonds is 3. The molecular formula is C19H18BrN3O2S. The lowest BCUT2D eigenvalue weighted by atomic mass is 9.94. The maximum Gasteiger partial charge on any atom is 0.267 e. The molecule has 4 rings (SSSR count). The number of furan rings is 1. The van der Waals surface area contributed by atoms with E-state index < -0.39 is 0 Å². The van der Waals surface area contributed by atoms with E-state index in [1.807, 2.05) is 29.2 Å². The van der Waals surface area contributed by atoms with Crippen molar-refractivity contribution in [3.05, 3.63) is 52.0 Å². The van der Waals surface area contributed by atoms with Crippen LogP contribution in [0.3, 0.4) is 0 Å². The molecule has 5 nitrogen and oxygen atoms in total. The number of thioether (sulfide) groups is 1. The summed E-state index contributed by atoms with van der Waals surface area (Å²) in [6.45, 7) is 0. The molecule has 1 aliphatic carbocycles. The van der Waals surface area contributed by atoms with Gasteiger partial charge in [-0.05, 0) is 64.8 Å². The maximum atomic E-state index is 13.1. The largest absolute Gasteiger partial charge is 0.450 e. The number of pyridine rings is 1. The van der Waals surface area contributed by atoms with Crippen molar-refractivity contribution in [3.8, 4) is 0 Å². The Morgan fingerprint density at radius 3 is 2.81 bits per heavy atom. The summed E-state index contributed by atoms with van der Waals surface area (Å²) in [5.74, 6) is 0.663. The topological polar surface area (TPSA) is 58.7 Å². The van der Waals surface area contributed by atoms with Crippen LogP contribution in [0.1, 0.15) is 37.9 Å². The highest BCUT2D eigenvalue weighted by molar-refractivity contribution is 9.10. The molecule has 26 heavy (non-hydrogen) atoms. The number of hydrogen-bond acceptors (Lipinski definition) is 5. The number of aromatic nitrogens is 1. The van der Waals surface area contributed by atoms with Crippen LogP contribution in [0.25, 0.3) is 6.08 Å². The minimum Gasteiger partial charge on any atom is -0.450 e. The van der Waals surface area contributed by atoms with Crippen LogP contribution in [0, 0.1) is 0 Å². The standard InChI is InChI=1S/C19H18BrN3O2S/c20-17-9-8-15(25-17)11-16-18(24)23(14-6-2-1-3-7-14)19(26-16)22-13-5-4-10-21-12-13/h4-5,8-12,14H,1-3,6-7H2/b16-11+,22-19?. The Morgan fingerprint density at radius 2 is 2.12 bits per heavy atom. The summed E-state index contributed by atoms with van der Waals surface area (Å²) in [6, 6.07) is 7.62. The summed E-state index contributed by atoms with van der Waals surface area (Å²) in [5.41, 5.74) is 0.755. The quantitative estimate of drug-likeness (QED) is 0.612. The molecule has 134 valence electrons. The predicted molar refractivity (Wildman–Crippen MR) is 107 cm³/mol. The third-order valence-corrected chi connectivity index (χ3v) is 5.92. The van der Waals surface area contributed by atoms with Gasteiger partial charge in [-0.1, -0.05) is 19.3 Å². The molecule has 1 aliphatic heterocycles. The molecule has 0 atom stereocenters. The van der Waals surface area contributed by atoms with Gasteiger partial charge in [0.05, 0.1) is 16.8 Å². The lowest BCUT2D eigenvalue weighted by Crippen LogP contribution is -2.40. The zero-order valence-corrected chi connectivity index (χ0v) is 16.5. The van der Waals surface area contributed by atoms with Crippen molar-refractivity contribution >= 4 is 50.5 Å². The van der Waals surface area contributed by atoms with Crippen molar-refractivity contribution in [2.45, 2.75) is 38.1 Å². The minimum absolute atomic E-state index is 0.0112. The van der Waals surface area contributed by atoms with Crippen LogP contribution in [0.2, 0.25) is 0 Å². The number of hydrogen-bond donors (Lipinski definition) is 0. The number of halogens is 1. The van der Waals surface area contributed by atoms with Gasteiger partial charge in [-0.3, -0.25) is 14.7 Å². The summed E-state index contributed by atoms with van der Waals surface area (Å²) in [4.78, 5) is 24.4. The van der Waals surface area contributed by atoms with E-state index in [-0.39, 0.29) is 11.9 Å². The molecule has 2 aromatic heterocycles. The molecule has 0 radical (unpaired) electrons. The second-order valence-corrected chi connectivity index (χ2v) is 8.12. The zero-order chi connectivity index (χ0) is 17.9. The fraction of sp³-hybridized carbons (Fsp3) is 0.316. The molecule has 0 N–H and O–H groups in total. The Labute approximate surface area is 164 Å². The van der Waals surface area contributed by atoms with Gasteiger partial charge in [-0.25, -0.2) is 4.99 Å². The number of carbonyl (C=O) groups is 1. The third-order valence-electron chi connectivity index (χ3n) is 4.51. The van der Waals surface area contributed by atoms with Crippen molar-refractivity contribution in [2.24, 2.45) is 4.99 Å². The molecule has 0 spiro atoms. The van der Waals surface area contributed by atoms with Gasteiger partial charge in [0.2, 0.25) is 0 Å². The van der Waals surface area contributed by atoms with Crippen LogP contribution in [0.5, 0.6) is 0 Å². The zero-order valence-electron chi connectivity index (χ0n) is 14.1. The van der Waals surface area contributed by atoms with Crippen LogP contribution in [0.4, 0.5) is 5.69 Å². The van der Waals surface area contributed by atoms with Gasteiger partial charge in [0.15, 0.2) is 9.84 Å². The van der Waals surface area contributed by atoms with E-state index in [2.05, 4.69) is 20.9 Å². The summed E-state index contributed by atoms with van der Waals surface area (Å²) in [6.07, 6.45) is 10.8. The van der Waals surface area contributed by atoms with E-state index in [0.717, 1.165) is 36.5 Å². The first-order valence-corrected chi connectivity index (χ1v) is 10.3. The highest BCUT2D eigenvalue weighted by Gasteiger charge is 2.38. The van der Waals surface area contributed by atoms with Crippen LogP contribution in [-0.2, 0) is 4.79 Å². The van der Waals surface area contributed by atoms with Gasteiger partial charge in [0.25, 0.3) is 5.91 Å². The van der Waals surface area contributed by atoms with Crippen molar-refractivity contribution < 1.29 is 9.21 Å². The summed E-state index contributed by atoms with van der Waals surface area (Å²) in [5, 5.41) is 0.728. The normalized spacial score (nSPS) is 21.9. The highest BCUT2D eigenvalue weighted by atomic mass is 79.9. The maximum absolute atomic E-state index is 13.1. The molecule has 0 aromatic carbocycles. The SMILES string of the molecule is O=C1/C(=C\c2ccc(Br)o2)SC(=Nc2cccnc2)N1C1CCCCC1. The number of nitrogens with zero attached hydrogens (tertiary/aromatic N) is 3. The van der Waals surface area contributed by atoms with Crippen LogP contribution >= 0.6 is 27.7 Å². The second kappa shape index (κ2) is 7.80. The first-order chi connectivity index (χ1) is 12.7. The lowest BCUT2D eigenvalue weighted by Gasteiger charge is -2.30. The minimum atomic E-state index is 0.0112. The molecule has 0 unspecified atom stereocenters. The first-order valence-electron chi connectivity index (χ1n) is 8.68. The second-order valence-electron chi connectivity index (χ2n) is 6.33. The third kappa shape index (κ3) is 3.78. The fourth-order valence-corrected chi connectivity index (χ4v) is 4.65. The Hall–Kier alpha value is -1.86. The molecule has 1 saturated carbocycles. The van der Waals surface area contributed by atoms with Crippen molar-refractivity contribution in [2.75, 3.05) is 0 Å². The Morgan fingerprint density at radius 1 is 1.27 bits per heavy atom. The molecule has 2 fully saturated rings. The van der Waals surface area contributed by atoms with Crippen LogP contribution in [-0.4, -0.2) is 27.0 Å². The van der Waals surface area contributed by atoms with E-state index in [1.54, 1.807) is 18.5 Å². The van der Waals surface area contributed by atoms with Crippen molar-refractivity contribution in [3.63, 3.8) is 0 Å². The summed E-state index contributed by atoms with van der Waals surface area (Å²) in [7, 11) is 0. The van der Waals surface area contributed by atoms with Gasteiger partial charge in [0.1, 0.15) is 5.76 Å². The number of carbonyl (C=O) groups excluding carboxylic acids is 1. The molecule has 3 heterocycles. The molecule has 7 heteroatoms. The fourth-order valence-electron chi connectivity index (χ4n) is 3.29. The predicted octanol–water partition coefficient (Wildman–Crippen LogP) is 5.37. The van der Waals surface area contributed by atoms with Crippen molar-refractivity contribution in [1.82, 2.24) is 9.88 Å². The number of amides is 1. The molecule has 0 bridgehead atoms. The Bertz CT molecular complexity index is 857. The van der Waals surface area contributed by atoms with E-state index in [9.17, 15) is 4.79 Å². The monoisotopic (exact) mass is 431 g/mol. The van der Waals surface area contributed by atoms with Gasteiger partial charge in [-0.2, -0.15) is 0 Å². The molecular weight excluding hydrogens is 414 g/mol. The van der Waals surface area contributed by atoms with Gasteiger partial charge in [-0.15, -0.1) is 0 Å². The van der Waals surface area contributed by atoms with Crippen LogP contribution in [0.15, 0.2) is 55.6 Å². The lowest BCUT2D eigenvalue weighted by molar-refractivity contribution is -0.124. The Kier molecular flexibility index (Phi) is 5.26. The molecule has 2 aliphatic rings. The van der Waals surface area contributed by atoms with Gasteiger partial charge >= 0.3 is 0 Å². The van der Waals surface area contributed by atoms with E-state index in [0.29, 0.717) is 15.3 Å².